The summed E-state index contributed by atoms with van der Waals surface area (Å²) in [6.45, 7) is 7.98. The van der Waals surface area contributed by atoms with Crippen molar-refractivity contribution in [3.63, 3.8) is 0 Å². The van der Waals surface area contributed by atoms with Gasteiger partial charge in [-0.05, 0) is 32.8 Å². The Labute approximate surface area is 227 Å². The molecule has 2 N–H and O–H groups in total. The van der Waals surface area contributed by atoms with Crippen LogP contribution in [0.15, 0.2) is 36.0 Å². The monoisotopic (exact) mass is 546 g/mol. The zero-order valence-corrected chi connectivity index (χ0v) is 22.8. The maximum Gasteiger partial charge on any atom is 0.338 e. The highest BCUT2D eigenvalue weighted by Crippen LogP contribution is 2.72. The molecule has 0 aromatic heterocycles. The fourth-order valence-electron chi connectivity index (χ4n) is 7.38. The van der Waals surface area contributed by atoms with E-state index in [1.165, 1.54) is 6.08 Å². The van der Waals surface area contributed by atoms with Gasteiger partial charge in [0.15, 0.2) is 6.10 Å². The van der Waals surface area contributed by atoms with Gasteiger partial charge in [-0.2, -0.15) is 0 Å². The average molecular weight is 547 g/mol. The highest BCUT2D eigenvalue weighted by molar-refractivity contribution is 5.82. The standard InChI is InChI=1S/C29H38O10/c1-16-11-21-28(13-18(16)31)14-35-25(33)24-26(3,39-24)9-10-34-19(17(2)30)7-5-6-8-23(32)38-20-12-22(37-21)29(15-36-29)27(20,28)4/h5-8,11,17-22,24,30-31H,9-10,12-15H2,1-4H3/b7-5+,8-6-/t17-,18-,19-,20-,21-,22-,24-,26-,27-,28-,29?/m1/s1. The van der Waals surface area contributed by atoms with Crippen molar-refractivity contribution in [2.75, 3.05) is 19.8 Å². The number of hydrogen-bond acceptors (Lipinski definition) is 10. The Bertz CT molecular complexity index is 1120. The molecular formula is C29H38O10. The van der Waals surface area contributed by atoms with E-state index in [1.807, 2.05) is 26.8 Å². The minimum atomic E-state index is -0.899. The molecule has 2 aliphatic carbocycles. The molecule has 10 nitrogen and oxygen atoms in total. The van der Waals surface area contributed by atoms with Crippen LogP contribution in [0.2, 0.25) is 0 Å². The molecule has 214 valence electrons. The van der Waals surface area contributed by atoms with Gasteiger partial charge in [0, 0.05) is 24.3 Å². The zero-order valence-electron chi connectivity index (χ0n) is 22.8. The first-order chi connectivity index (χ1) is 18.5. The second kappa shape index (κ2) is 9.22. The summed E-state index contributed by atoms with van der Waals surface area (Å²) < 4.78 is 36.3. The first-order valence-corrected chi connectivity index (χ1v) is 13.8. The molecule has 4 fully saturated rings. The molecule has 39 heavy (non-hydrogen) atoms. The van der Waals surface area contributed by atoms with Gasteiger partial charge < -0.3 is 38.6 Å². The number of carbonyl (C=O) groups excluding carboxylic acids is 2. The third-order valence-corrected chi connectivity index (χ3v) is 10.2. The molecule has 0 aromatic rings. The van der Waals surface area contributed by atoms with Crippen molar-refractivity contribution in [1.29, 1.82) is 0 Å². The molecule has 3 saturated heterocycles. The summed E-state index contributed by atoms with van der Waals surface area (Å²) in [4.78, 5) is 26.2. The smallest absolute Gasteiger partial charge is 0.338 e. The highest BCUT2D eigenvalue weighted by Gasteiger charge is 2.83. The van der Waals surface area contributed by atoms with E-state index in [0.717, 1.165) is 5.57 Å². The van der Waals surface area contributed by atoms with Crippen LogP contribution in [0.25, 0.3) is 0 Å². The van der Waals surface area contributed by atoms with Gasteiger partial charge >= 0.3 is 11.9 Å². The normalized spacial score (nSPS) is 51.7. The third-order valence-electron chi connectivity index (χ3n) is 10.2. The summed E-state index contributed by atoms with van der Waals surface area (Å²) in [5, 5.41) is 21.1. The van der Waals surface area contributed by atoms with Crippen molar-refractivity contribution >= 4 is 11.9 Å². The maximum absolute atomic E-state index is 13.3. The minimum Gasteiger partial charge on any atom is -0.463 e. The predicted molar refractivity (Wildman–Crippen MR) is 135 cm³/mol. The van der Waals surface area contributed by atoms with Gasteiger partial charge in [-0.15, -0.1) is 0 Å². The number of esters is 2. The van der Waals surface area contributed by atoms with Gasteiger partial charge in [0.2, 0.25) is 0 Å². The fraction of sp³-hybridized carbons (Fsp3) is 0.724. The topological polar surface area (TPSA) is 137 Å². The molecule has 2 spiro atoms. The Morgan fingerprint density at radius 1 is 1.13 bits per heavy atom. The Morgan fingerprint density at radius 3 is 2.62 bits per heavy atom. The van der Waals surface area contributed by atoms with Crippen molar-refractivity contribution in [2.24, 2.45) is 10.8 Å². The largest absolute Gasteiger partial charge is 0.463 e. The van der Waals surface area contributed by atoms with Crippen molar-refractivity contribution in [2.45, 2.75) is 101 Å². The van der Waals surface area contributed by atoms with Crippen LogP contribution >= 0.6 is 0 Å². The Morgan fingerprint density at radius 2 is 1.90 bits per heavy atom. The molecule has 6 rings (SSSR count). The summed E-state index contributed by atoms with van der Waals surface area (Å²) in [5.41, 5.74) is -2.33. The van der Waals surface area contributed by atoms with E-state index in [1.54, 1.807) is 25.2 Å². The third kappa shape index (κ3) is 4.06. The highest BCUT2D eigenvalue weighted by atomic mass is 16.7. The van der Waals surface area contributed by atoms with Crippen molar-refractivity contribution in [3.8, 4) is 0 Å². The van der Waals surface area contributed by atoms with Crippen molar-refractivity contribution in [3.05, 3.63) is 36.0 Å². The van der Waals surface area contributed by atoms with Gasteiger partial charge in [0.05, 0.1) is 43.0 Å². The maximum atomic E-state index is 13.3. The van der Waals surface area contributed by atoms with Crippen LogP contribution in [-0.4, -0.2) is 95.9 Å². The first-order valence-electron chi connectivity index (χ1n) is 13.8. The Kier molecular flexibility index (Phi) is 6.41. The zero-order chi connectivity index (χ0) is 27.8. The number of rotatable bonds is 1. The summed E-state index contributed by atoms with van der Waals surface area (Å²) in [6, 6.07) is 0. The number of hydrogen-bond donors (Lipinski definition) is 2. The van der Waals surface area contributed by atoms with E-state index >= 15 is 0 Å². The van der Waals surface area contributed by atoms with Crippen LogP contribution in [-0.2, 0) is 38.0 Å². The van der Waals surface area contributed by atoms with E-state index in [2.05, 4.69) is 0 Å². The van der Waals surface area contributed by atoms with E-state index in [-0.39, 0.29) is 25.7 Å². The van der Waals surface area contributed by atoms with Crippen molar-refractivity contribution in [1.82, 2.24) is 0 Å². The molecular weight excluding hydrogens is 508 g/mol. The SMILES string of the molecule is CC1=C[C@H]2O[C@@H]3C[C@H]4OC(=O)/C=C\C=C\[C@H]([C@@H](C)O)OCC[C@@]5(C)O[C@@H]5C(=O)OC[C@@]2(C[C@H]1O)[C@]4(C)C31CO1. The lowest BCUT2D eigenvalue weighted by Gasteiger charge is -2.58. The summed E-state index contributed by atoms with van der Waals surface area (Å²) in [5.74, 6) is -1.02. The number of epoxide rings is 2. The average Bonchev–Trinajstić information content (AvgIpc) is 3.78. The second-order valence-corrected chi connectivity index (χ2v) is 12.4. The molecule has 2 bridgehead atoms. The number of aliphatic hydroxyl groups excluding tert-OH is 2. The van der Waals surface area contributed by atoms with Gasteiger partial charge in [-0.25, -0.2) is 9.59 Å². The van der Waals surface area contributed by atoms with Crippen LogP contribution in [0.3, 0.4) is 0 Å². The molecule has 0 aromatic carbocycles. The molecule has 1 unspecified atom stereocenters. The molecule has 10 heteroatoms. The predicted octanol–water partition coefficient (Wildman–Crippen LogP) is 1.52. The number of fused-ring (bicyclic) bond motifs is 1. The fourth-order valence-corrected chi connectivity index (χ4v) is 7.38. The summed E-state index contributed by atoms with van der Waals surface area (Å²) >= 11 is 0. The summed E-state index contributed by atoms with van der Waals surface area (Å²) in [7, 11) is 0. The molecule has 6 aliphatic rings. The van der Waals surface area contributed by atoms with Gasteiger partial charge in [-0.1, -0.05) is 31.2 Å². The van der Waals surface area contributed by atoms with Crippen LogP contribution in [0.4, 0.5) is 0 Å². The van der Waals surface area contributed by atoms with Gasteiger partial charge in [0.1, 0.15) is 30.0 Å². The van der Waals surface area contributed by atoms with E-state index in [4.69, 9.17) is 28.4 Å². The van der Waals surface area contributed by atoms with E-state index in [9.17, 15) is 19.8 Å². The summed E-state index contributed by atoms with van der Waals surface area (Å²) in [6.07, 6.45) is 5.01. The molecule has 11 atom stereocenters. The Balaban J connectivity index is 1.37. The lowest BCUT2D eigenvalue weighted by atomic mass is 9.51. The van der Waals surface area contributed by atoms with Crippen LogP contribution in [0.5, 0.6) is 0 Å². The molecule has 0 amide bonds. The lowest BCUT2D eigenvalue weighted by Crippen LogP contribution is -2.68. The number of allylic oxidation sites excluding steroid dienone is 2. The first kappa shape index (κ1) is 27.1. The second-order valence-electron chi connectivity index (χ2n) is 12.4. The number of carbonyl (C=O) groups is 2. The minimum absolute atomic E-state index is 0.0468. The van der Waals surface area contributed by atoms with Gasteiger partial charge in [0.25, 0.3) is 0 Å². The van der Waals surface area contributed by atoms with Crippen molar-refractivity contribution < 1.29 is 48.2 Å². The number of cyclic esters (lactones) is 1. The lowest BCUT2D eigenvalue weighted by molar-refractivity contribution is -0.239. The quantitative estimate of drug-likeness (QED) is 0.283. The Hall–Kier alpha value is -2.08. The number of aliphatic hydroxyl groups is 2. The molecule has 4 aliphatic heterocycles. The van der Waals surface area contributed by atoms with Crippen LogP contribution in [0.1, 0.15) is 47.0 Å². The molecule has 1 saturated carbocycles. The molecule has 0 radical (unpaired) electrons. The van der Waals surface area contributed by atoms with Crippen LogP contribution < -0.4 is 0 Å². The number of ether oxygens (including phenoxy) is 6. The van der Waals surface area contributed by atoms with Gasteiger partial charge in [-0.3, -0.25) is 0 Å². The van der Waals surface area contributed by atoms with Crippen LogP contribution in [0, 0.1) is 10.8 Å². The molecule has 4 heterocycles. The van der Waals surface area contributed by atoms with E-state index < -0.39 is 70.6 Å². The van der Waals surface area contributed by atoms with E-state index in [0.29, 0.717) is 19.4 Å².